The van der Waals surface area contributed by atoms with E-state index in [1.807, 2.05) is 0 Å². The Bertz CT molecular complexity index is 707. The van der Waals surface area contributed by atoms with Gasteiger partial charge in [-0.05, 0) is 6.07 Å². The molecule has 8 nitrogen and oxygen atoms in total. The monoisotopic (exact) mass is 367 g/mol. The number of primary sulfonamides is 1. The summed E-state index contributed by atoms with van der Waals surface area (Å²) < 4.78 is 42.1. The maximum Gasteiger partial charge on any atom is 0.407 e. The maximum absolute atomic E-state index is 14.6. The number of nitrogens with zero attached hydrogens (tertiary/aromatic N) is 2. The number of piperidine rings is 1. The molecule has 0 aromatic carbocycles. The number of rotatable bonds is 4. The number of hydrogen-bond donors (Lipinski definition) is 2. The predicted octanol–water partition coefficient (Wildman–Crippen LogP) is 1.24. The summed E-state index contributed by atoms with van der Waals surface area (Å²) in [5.41, 5.74) is -1.70. The number of pyridine rings is 1. The number of sulfonamides is 1. The molecule has 23 heavy (non-hydrogen) atoms. The lowest BCUT2D eigenvalue weighted by atomic mass is 9.94. The van der Waals surface area contributed by atoms with Gasteiger partial charge in [0.25, 0.3) is 0 Å². The van der Waals surface area contributed by atoms with Crippen molar-refractivity contribution in [3.8, 4) is 5.88 Å². The molecular formula is C12H15ClFN3O5S. The Kier molecular flexibility index (Phi) is 4.97. The number of hydrogen-bond acceptors (Lipinski definition) is 5. The fraction of sp³-hybridized carbons (Fsp3) is 0.500. The molecular weight excluding hydrogens is 353 g/mol. The van der Waals surface area contributed by atoms with E-state index in [1.165, 1.54) is 0 Å². The first-order valence-corrected chi connectivity index (χ1v) is 8.51. The van der Waals surface area contributed by atoms with E-state index >= 15 is 0 Å². The van der Waals surface area contributed by atoms with E-state index in [0.717, 1.165) is 17.2 Å². The molecule has 11 heteroatoms. The van der Waals surface area contributed by atoms with Crippen LogP contribution in [0.4, 0.5) is 9.18 Å². The largest absolute Gasteiger partial charge is 0.473 e. The van der Waals surface area contributed by atoms with Gasteiger partial charge >= 0.3 is 6.09 Å². The van der Waals surface area contributed by atoms with Crippen LogP contribution in [0.2, 0.25) is 5.02 Å². The SMILES string of the molecule is NS(=O)(=O)c1cnc(OCC2(F)CCN(C(=O)O)CC2)c(Cl)c1. The molecule has 3 N–H and O–H groups in total. The molecule has 1 aromatic heterocycles. The van der Waals surface area contributed by atoms with Crippen LogP contribution in [0.15, 0.2) is 17.2 Å². The van der Waals surface area contributed by atoms with Crippen LogP contribution < -0.4 is 9.88 Å². The first-order valence-electron chi connectivity index (χ1n) is 6.59. The first kappa shape index (κ1) is 17.7. The molecule has 0 unspecified atom stereocenters. The molecule has 0 atom stereocenters. The zero-order valence-corrected chi connectivity index (χ0v) is 13.5. The average molecular weight is 368 g/mol. The molecule has 1 saturated heterocycles. The second-order valence-corrected chi connectivity index (χ2v) is 7.18. The summed E-state index contributed by atoms with van der Waals surface area (Å²) in [7, 11) is -3.94. The van der Waals surface area contributed by atoms with Gasteiger partial charge in [0.1, 0.15) is 22.2 Å². The molecule has 0 radical (unpaired) electrons. The van der Waals surface area contributed by atoms with Crippen LogP contribution in [0.1, 0.15) is 12.8 Å². The highest BCUT2D eigenvalue weighted by Gasteiger charge is 2.37. The number of alkyl halides is 1. The summed E-state index contributed by atoms with van der Waals surface area (Å²) in [6.45, 7) is -0.219. The van der Waals surface area contributed by atoms with Crippen molar-refractivity contribution in [2.75, 3.05) is 19.7 Å². The number of carbonyl (C=O) groups is 1. The normalized spacial score (nSPS) is 17.8. The Morgan fingerprint density at radius 2 is 2.13 bits per heavy atom. The van der Waals surface area contributed by atoms with Gasteiger partial charge in [0.2, 0.25) is 15.9 Å². The zero-order chi connectivity index (χ0) is 17.3. The third kappa shape index (κ3) is 4.43. The van der Waals surface area contributed by atoms with Gasteiger partial charge in [0.05, 0.1) is 6.20 Å². The van der Waals surface area contributed by atoms with E-state index in [0.29, 0.717) is 0 Å². The Hall–Kier alpha value is -1.65. The average Bonchev–Trinajstić information content (AvgIpc) is 2.45. The summed E-state index contributed by atoms with van der Waals surface area (Å²) in [6, 6.07) is 1.07. The van der Waals surface area contributed by atoms with Crippen LogP contribution in [-0.2, 0) is 10.0 Å². The van der Waals surface area contributed by atoms with Crippen molar-refractivity contribution < 1.29 is 27.4 Å². The van der Waals surface area contributed by atoms with Gasteiger partial charge in [0.15, 0.2) is 0 Å². The fourth-order valence-electron chi connectivity index (χ4n) is 2.11. The van der Waals surface area contributed by atoms with Gasteiger partial charge < -0.3 is 14.7 Å². The molecule has 0 aliphatic carbocycles. The predicted molar refractivity (Wildman–Crippen MR) is 78.8 cm³/mol. The lowest BCUT2D eigenvalue weighted by Gasteiger charge is -2.34. The van der Waals surface area contributed by atoms with Crippen molar-refractivity contribution in [1.82, 2.24) is 9.88 Å². The van der Waals surface area contributed by atoms with Crippen molar-refractivity contribution in [2.24, 2.45) is 5.14 Å². The van der Waals surface area contributed by atoms with Crippen LogP contribution in [0.3, 0.4) is 0 Å². The van der Waals surface area contributed by atoms with E-state index < -0.39 is 21.8 Å². The van der Waals surface area contributed by atoms with Crippen molar-refractivity contribution >= 4 is 27.7 Å². The van der Waals surface area contributed by atoms with E-state index in [1.54, 1.807) is 0 Å². The summed E-state index contributed by atoms with van der Waals surface area (Å²) in [5, 5.41) is 13.7. The number of amides is 1. The summed E-state index contributed by atoms with van der Waals surface area (Å²) in [5.74, 6) is -0.114. The Morgan fingerprint density at radius 3 is 2.61 bits per heavy atom. The highest BCUT2D eigenvalue weighted by atomic mass is 35.5. The molecule has 0 saturated carbocycles. The second kappa shape index (κ2) is 6.46. The Labute approximate surface area is 137 Å². The zero-order valence-electron chi connectivity index (χ0n) is 11.9. The summed E-state index contributed by atoms with van der Waals surface area (Å²) in [6.07, 6.45) is -0.136. The van der Waals surface area contributed by atoms with Crippen molar-refractivity contribution in [2.45, 2.75) is 23.4 Å². The number of halogens is 2. The minimum atomic E-state index is -3.94. The molecule has 1 amide bonds. The third-order valence-corrected chi connectivity index (χ3v) is 4.66. The molecule has 0 bridgehead atoms. The molecule has 1 fully saturated rings. The van der Waals surface area contributed by atoms with Crippen LogP contribution >= 0.6 is 11.6 Å². The molecule has 1 aliphatic rings. The maximum atomic E-state index is 14.6. The molecule has 0 spiro atoms. The highest BCUT2D eigenvalue weighted by Crippen LogP contribution is 2.30. The van der Waals surface area contributed by atoms with Crippen LogP contribution in [0.5, 0.6) is 5.88 Å². The number of nitrogens with two attached hydrogens (primary N) is 1. The lowest BCUT2D eigenvalue weighted by Crippen LogP contribution is -2.46. The Balaban J connectivity index is 2.00. The quantitative estimate of drug-likeness (QED) is 0.825. The molecule has 1 aromatic rings. The van der Waals surface area contributed by atoms with E-state index in [-0.39, 0.29) is 48.3 Å². The minimum Gasteiger partial charge on any atom is -0.473 e. The minimum absolute atomic E-state index is 0.00776. The fourth-order valence-corrected chi connectivity index (χ4v) is 2.88. The standard InChI is InChI=1S/C12H15ClFN3O5S/c13-9-5-8(23(15,20)21)6-16-10(9)22-7-12(14)1-3-17(4-2-12)11(18)19/h5-6H,1-4,7H2,(H,18,19)(H2,15,20,21). The van der Waals surface area contributed by atoms with E-state index in [2.05, 4.69) is 4.98 Å². The molecule has 128 valence electrons. The van der Waals surface area contributed by atoms with Crippen molar-refractivity contribution in [3.05, 3.63) is 17.3 Å². The van der Waals surface area contributed by atoms with Gasteiger partial charge in [-0.2, -0.15) is 0 Å². The van der Waals surface area contributed by atoms with Crippen LogP contribution in [0, 0.1) is 0 Å². The van der Waals surface area contributed by atoms with Crippen LogP contribution in [0.25, 0.3) is 0 Å². The first-order chi connectivity index (χ1) is 10.6. The van der Waals surface area contributed by atoms with E-state index in [9.17, 15) is 17.6 Å². The van der Waals surface area contributed by atoms with Crippen molar-refractivity contribution in [1.29, 1.82) is 0 Å². The summed E-state index contributed by atoms with van der Waals surface area (Å²) >= 11 is 5.85. The van der Waals surface area contributed by atoms with Gasteiger partial charge in [-0.1, -0.05) is 11.6 Å². The smallest absolute Gasteiger partial charge is 0.407 e. The number of ether oxygens (including phenoxy) is 1. The van der Waals surface area contributed by atoms with Gasteiger partial charge in [-0.15, -0.1) is 0 Å². The molecule has 1 aliphatic heterocycles. The molecule has 2 heterocycles. The topological polar surface area (TPSA) is 123 Å². The lowest BCUT2D eigenvalue weighted by molar-refractivity contribution is 0.0190. The third-order valence-electron chi connectivity index (χ3n) is 3.51. The molecule has 2 rings (SSSR count). The van der Waals surface area contributed by atoms with Gasteiger partial charge in [-0.25, -0.2) is 27.7 Å². The van der Waals surface area contributed by atoms with Gasteiger partial charge in [0, 0.05) is 25.9 Å². The summed E-state index contributed by atoms with van der Waals surface area (Å²) in [4.78, 5) is 15.4. The van der Waals surface area contributed by atoms with Crippen LogP contribution in [-0.4, -0.2) is 54.9 Å². The number of likely N-dealkylation sites (tertiary alicyclic amines) is 1. The number of aromatic nitrogens is 1. The highest BCUT2D eigenvalue weighted by molar-refractivity contribution is 7.89. The van der Waals surface area contributed by atoms with Gasteiger partial charge in [-0.3, -0.25) is 0 Å². The second-order valence-electron chi connectivity index (χ2n) is 5.21. The Morgan fingerprint density at radius 1 is 1.52 bits per heavy atom. The van der Waals surface area contributed by atoms with Crippen molar-refractivity contribution in [3.63, 3.8) is 0 Å². The van der Waals surface area contributed by atoms with E-state index in [4.69, 9.17) is 26.6 Å². The number of carboxylic acid groups (broad SMARTS) is 1.